The number of unbranched alkanes of at least 4 members (excludes halogenated alkanes) is 1. The summed E-state index contributed by atoms with van der Waals surface area (Å²) in [5.74, 6) is 8.76. The van der Waals surface area contributed by atoms with Gasteiger partial charge in [0.2, 0.25) is 5.88 Å². The van der Waals surface area contributed by atoms with Crippen LogP contribution in [0.4, 0.5) is 0 Å². The number of ether oxygens (including phenoxy) is 1. The molecule has 0 bridgehead atoms. The van der Waals surface area contributed by atoms with Crippen molar-refractivity contribution in [3.63, 3.8) is 0 Å². The highest BCUT2D eigenvalue weighted by atomic mass is 16.5. The van der Waals surface area contributed by atoms with Crippen LogP contribution in [0.25, 0.3) is 0 Å². The Labute approximate surface area is 103 Å². The number of nitrogens with zero attached hydrogens (tertiary/aromatic N) is 1. The largest absolute Gasteiger partial charge is 0.481 e. The molecule has 0 radical (unpaired) electrons. The van der Waals surface area contributed by atoms with Crippen molar-refractivity contribution >= 4 is 0 Å². The Hall–Kier alpha value is -1.57. The molecule has 1 atom stereocenters. The van der Waals surface area contributed by atoms with Gasteiger partial charge in [-0.15, -0.1) is 12.3 Å². The molecule has 0 fully saturated rings. The average molecular weight is 233 g/mol. The van der Waals surface area contributed by atoms with Gasteiger partial charge in [0.05, 0.1) is 7.11 Å². The van der Waals surface area contributed by atoms with E-state index in [4.69, 9.17) is 17.0 Å². The summed E-state index contributed by atoms with van der Waals surface area (Å²) in [6.45, 7) is 0. The van der Waals surface area contributed by atoms with Crippen LogP contribution in [-0.2, 0) is 6.42 Å². The quantitative estimate of drug-likeness (QED) is 0.322. The normalized spacial score (nSPS) is 11.8. The number of nitrogens with one attached hydrogen (secondary N) is 1. The highest BCUT2D eigenvalue weighted by Gasteiger charge is 2.07. The van der Waals surface area contributed by atoms with E-state index < -0.39 is 0 Å². The molecule has 0 spiro atoms. The van der Waals surface area contributed by atoms with Crippen LogP contribution in [0.3, 0.4) is 0 Å². The van der Waals surface area contributed by atoms with Crippen molar-refractivity contribution < 1.29 is 4.74 Å². The Morgan fingerprint density at radius 1 is 1.59 bits per heavy atom. The lowest BCUT2D eigenvalue weighted by molar-refractivity contribution is 0.397. The van der Waals surface area contributed by atoms with Crippen LogP contribution in [0.2, 0.25) is 0 Å². The van der Waals surface area contributed by atoms with Crippen molar-refractivity contribution in [3.8, 4) is 18.2 Å². The highest BCUT2D eigenvalue weighted by molar-refractivity contribution is 5.18. The van der Waals surface area contributed by atoms with Gasteiger partial charge in [0.15, 0.2) is 0 Å². The Balaban J connectivity index is 2.46. The Kier molecular flexibility index (Phi) is 6.08. The topological polar surface area (TPSA) is 60.2 Å². The molecule has 0 aliphatic rings. The van der Waals surface area contributed by atoms with E-state index in [1.165, 1.54) is 0 Å². The predicted molar refractivity (Wildman–Crippen MR) is 68.3 cm³/mol. The third kappa shape index (κ3) is 4.85. The lowest BCUT2D eigenvalue weighted by Gasteiger charge is -2.15. The van der Waals surface area contributed by atoms with Crippen LogP contribution in [0, 0.1) is 12.3 Å². The van der Waals surface area contributed by atoms with E-state index in [1.807, 2.05) is 18.3 Å². The van der Waals surface area contributed by atoms with E-state index in [0.717, 1.165) is 31.2 Å². The molecule has 17 heavy (non-hydrogen) atoms. The van der Waals surface area contributed by atoms with Crippen LogP contribution < -0.4 is 16.0 Å². The maximum atomic E-state index is 5.51. The zero-order chi connectivity index (χ0) is 12.5. The van der Waals surface area contributed by atoms with Gasteiger partial charge in [-0.05, 0) is 24.8 Å². The van der Waals surface area contributed by atoms with Crippen molar-refractivity contribution in [3.05, 3.63) is 23.9 Å². The predicted octanol–water partition coefficient (Wildman–Crippen LogP) is 1.27. The van der Waals surface area contributed by atoms with E-state index >= 15 is 0 Å². The molecule has 0 aromatic carbocycles. The summed E-state index contributed by atoms with van der Waals surface area (Å²) in [6.07, 6.45) is 10.6. The van der Waals surface area contributed by atoms with Gasteiger partial charge in [0, 0.05) is 24.7 Å². The lowest BCUT2D eigenvalue weighted by atomic mass is 10.0. The van der Waals surface area contributed by atoms with Gasteiger partial charge in [-0.25, -0.2) is 4.98 Å². The third-order valence-corrected chi connectivity index (χ3v) is 2.60. The van der Waals surface area contributed by atoms with Gasteiger partial charge in [-0.3, -0.25) is 11.3 Å². The molecule has 1 aromatic rings. The fraction of sp³-hybridized carbons (Fsp3) is 0.462. The van der Waals surface area contributed by atoms with Gasteiger partial charge in [-0.2, -0.15) is 0 Å². The summed E-state index contributed by atoms with van der Waals surface area (Å²) in [4.78, 5) is 4.16. The average Bonchev–Trinajstić information content (AvgIpc) is 2.38. The first-order valence-corrected chi connectivity index (χ1v) is 5.68. The standard InChI is InChI=1S/C13H19N3O/c1-3-4-5-6-12(16-14)9-11-7-8-13(17-2)15-10-11/h1,7-8,10,12,16H,4-6,9,14H2,2H3. The van der Waals surface area contributed by atoms with E-state index in [2.05, 4.69) is 16.3 Å². The summed E-state index contributed by atoms with van der Waals surface area (Å²) in [7, 11) is 1.60. The van der Waals surface area contributed by atoms with Crippen LogP contribution >= 0.6 is 0 Å². The molecule has 4 heteroatoms. The number of hydrogen-bond acceptors (Lipinski definition) is 4. The van der Waals surface area contributed by atoms with Crippen molar-refractivity contribution in [2.24, 2.45) is 5.84 Å². The SMILES string of the molecule is C#CCCCC(Cc1ccc(OC)nc1)NN. The number of aromatic nitrogens is 1. The van der Waals surface area contributed by atoms with Gasteiger partial charge in [0.25, 0.3) is 0 Å². The molecule has 4 nitrogen and oxygen atoms in total. The number of terminal acetylenes is 1. The molecule has 0 saturated heterocycles. The van der Waals surface area contributed by atoms with E-state index in [0.29, 0.717) is 5.88 Å². The minimum absolute atomic E-state index is 0.235. The second-order valence-corrected chi connectivity index (χ2v) is 3.87. The Morgan fingerprint density at radius 3 is 2.94 bits per heavy atom. The second kappa shape index (κ2) is 7.66. The highest BCUT2D eigenvalue weighted by Crippen LogP contribution is 2.11. The molecule has 92 valence electrons. The molecular formula is C13H19N3O. The number of hydrogen-bond donors (Lipinski definition) is 2. The lowest BCUT2D eigenvalue weighted by Crippen LogP contribution is -2.36. The first-order valence-electron chi connectivity index (χ1n) is 5.68. The first kappa shape index (κ1) is 13.5. The molecular weight excluding hydrogens is 214 g/mol. The molecule has 1 aromatic heterocycles. The van der Waals surface area contributed by atoms with E-state index in [9.17, 15) is 0 Å². The zero-order valence-electron chi connectivity index (χ0n) is 10.1. The van der Waals surface area contributed by atoms with Crippen molar-refractivity contribution in [2.45, 2.75) is 31.7 Å². The zero-order valence-corrected chi connectivity index (χ0v) is 10.1. The molecule has 0 aliphatic heterocycles. The Morgan fingerprint density at radius 2 is 2.41 bits per heavy atom. The molecule has 0 saturated carbocycles. The summed E-state index contributed by atoms with van der Waals surface area (Å²) in [5, 5.41) is 0. The van der Waals surface area contributed by atoms with E-state index in [-0.39, 0.29) is 6.04 Å². The number of nitrogens with two attached hydrogens (primary N) is 1. The number of hydrazine groups is 1. The van der Waals surface area contributed by atoms with Gasteiger partial charge < -0.3 is 4.74 Å². The summed E-state index contributed by atoms with van der Waals surface area (Å²) >= 11 is 0. The van der Waals surface area contributed by atoms with Crippen molar-refractivity contribution in [2.75, 3.05) is 7.11 Å². The number of rotatable bonds is 7. The summed E-state index contributed by atoms with van der Waals surface area (Å²) in [6, 6.07) is 4.08. The van der Waals surface area contributed by atoms with E-state index in [1.54, 1.807) is 7.11 Å². The monoisotopic (exact) mass is 233 g/mol. The maximum Gasteiger partial charge on any atom is 0.212 e. The molecule has 1 rings (SSSR count). The minimum atomic E-state index is 0.235. The minimum Gasteiger partial charge on any atom is -0.481 e. The van der Waals surface area contributed by atoms with Crippen LogP contribution in [0.15, 0.2) is 18.3 Å². The van der Waals surface area contributed by atoms with Gasteiger partial charge in [0.1, 0.15) is 0 Å². The number of methoxy groups -OCH3 is 1. The molecule has 0 amide bonds. The van der Waals surface area contributed by atoms with Crippen LogP contribution in [0.1, 0.15) is 24.8 Å². The summed E-state index contributed by atoms with van der Waals surface area (Å²) in [5.41, 5.74) is 3.94. The fourth-order valence-electron chi connectivity index (χ4n) is 1.63. The fourth-order valence-corrected chi connectivity index (χ4v) is 1.63. The maximum absolute atomic E-state index is 5.51. The smallest absolute Gasteiger partial charge is 0.212 e. The molecule has 1 heterocycles. The van der Waals surface area contributed by atoms with Crippen molar-refractivity contribution in [1.29, 1.82) is 0 Å². The summed E-state index contributed by atoms with van der Waals surface area (Å²) < 4.78 is 5.01. The Bertz CT molecular complexity index is 356. The van der Waals surface area contributed by atoms with Crippen molar-refractivity contribution in [1.82, 2.24) is 10.4 Å². The molecule has 1 unspecified atom stereocenters. The van der Waals surface area contributed by atoms with Crippen LogP contribution in [-0.4, -0.2) is 18.1 Å². The van der Waals surface area contributed by atoms with Crippen LogP contribution in [0.5, 0.6) is 5.88 Å². The second-order valence-electron chi connectivity index (χ2n) is 3.87. The third-order valence-electron chi connectivity index (χ3n) is 2.60. The first-order chi connectivity index (χ1) is 8.30. The molecule has 0 aliphatic carbocycles. The molecule has 3 N–H and O–H groups in total. The van der Waals surface area contributed by atoms with Gasteiger partial charge >= 0.3 is 0 Å². The number of pyridine rings is 1. The van der Waals surface area contributed by atoms with Gasteiger partial charge in [-0.1, -0.05) is 6.07 Å².